The minimum atomic E-state index is 0.667. The summed E-state index contributed by atoms with van der Waals surface area (Å²) >= 11 is 0. The Morgan fingerprint density at radius 2 is 1.95 bits per heavy atom. The van der Waals surface area contributed by atoms with Crippen LogP contribution in [0.1, 0.15) is 45.4 Å². The molecule has 1 aromatic rings. The van der Waals surface area contributed by atoms with Crippen molar-refractivity contribution in [2.75, 3.05) is 19.6 Å². The highest BCUT2D eigenvalue weighted by Crippen LogP contribution is 2.11. The summed E-state index contributed by atoms with van der Waals surface area (Å²) in [6, 6.07) is 0.667. The zero-order valence-corrected chi connectivity index (χ0v) is 12.4. The van der Waals surface area contributed by atoms with E-state index in [2.05, 4.69) is 39.8 Å². The molecule has 4 nitrogen and oxygen atoms in total. The van der Waals surface area contributed by atoms with Crippen LogP contribution in [0, 0.1) is 0 Å². The molecule has 108 valence electrons. The second-order valence-electron chi connectivity index (χ2n) is 5.53. The maximum absolute atomic E-state index is 4.45. The lowest BCUT2D eigenvalue weighted by Crippen LogP contribution is -2.42. The van der Waals surface area contributed by atoms with Gasteiger partial charge in [0.2, 0.25) is 0 Å². The van der Waals surface area contributed by atoms with Crippen LogP contribution in [0.15, 0.2) is 12.4 Å². The first-order valence-electron chi connectivity index (χ1n) is 7.79. The Labute approximate surface area is 117 Å². The van der Waals surface area contributed by atoms with Gasteiger partial charge in [0, 0.05) is 25.0 Å². The third-order valence-electron chi connectivity index (χ3n) is 3.94. The van der Waals surface area contributed by atoms with E-state index in [4.69, 9.17) is 0 Å². The van der Waals surface area contributed by atoms with E-state index in [1.807, 2.05) is 6.20 Å². The van der Waals surface area contributed by atoms with Gasteiger partial charge < -0.3 is 14.8 Å². The molecule has 0 atom stereocenters. The van der Waals surface area contributed by atoms with Gasteiger partial charge in [0.25, 0.3) is 0 Å². The smallest absolute Gasteiger partial charge is 0.122 e. The second-order valence-corrected chi connectivity index (χ2v) is 5.53. The standard InChI is InChI=1S/C15H28N4/c1-3-8-18-10-5-14(6-11-18)17-13-15-16-7-12-19(15)9-4-2/h7,12,14,17H,3-6,8-11,13H2,1-2H3. The van der Waals surface area contributed by atoms with E-state index in [1.165, 1.54) is 51.1 Å². The van der Waals surface area contributed by atoms with E-state index in [9.17, 15) is 0 Å². The molecule has 1 aliphatic heterocycles. The zero-order valence-electron chi connectivity index (χ0n) is 12.4. The number of nitrogens with one attached hydrogen (secondary N) is 1. The van der Waals surface area contributed by atoms with Gasteiger partial charge in [-0.1, -0.05) is 13.8 Å². The maximum Gasteiger partial charge on any atom is 0.122 e. The molecule has 0 saturated carbocycles. The molecule has 2 rings (SSSR count). The summed E-state index contributed by atoms with van der Waals surface area (Å²) in [5.74, 6) is 1.18. The molecule has 1 aromatic heterocycles. The highest BCUT2D eigenvalue weighted by Gasteiger charge is 2.18. The molecule has 1 saturated heterocycles. The molecule has 19 heavy (non-hydrogen) atoms. The highest BCUT2D eigenvalue weighted by atomic mass is 15.1. The van der Waals surface area contributed by atoms with E-state index < -0.39 is 0 Å². The summed E-state index contributed by atoms with van der Waals surface area (Å²) in [6.45, 7) is 10.2. The van der Waals surface area contributed by atoms with Gasteiger partial charge in [-0.25, -0.2) is 4.98 Å². The Kier molecular flexibility index (Phi) is 5.86. The average molecular weight is 264 g/mol. The van der Waals surface area contributed by atoms with Gasteiger partial charge >= 0.3 is 0 Å². The van der Waals surface area contributed by atoms with Gasteiger partial charge in [0.05, 0.1) is 6.54 Å². The van der Waals surface area contributed by atoms with Crippen LogP contribution in [-0.2, 0) is 13.1 Å². The predicted octanol–water partition coefficient (Wildman–Crippen LogP) is 2.26. The molecule has 0 amide bonds. The van der Waals surface area contributed by atoms with E-state index in [1.54, 1.807) is 0 Å². The fourth-order valence-corrected chi connectivity index (χ4v) is 2.86. The fraction of sp³-hybridized carbons (Fsp3) is 0.800. The van der Waals surface area contributed by atoms with Crippen molar-refractivity contribution in [3.8, 4) is 0 Å². The van der Waals surface area contributed by atoms with Crippen molar-refractivity contribution in [1.82, 2.24) is 19.8 Å². The van der Waals surface area contributed by atoms with Crippen molar-refractivity contribution < 1.29 is 0 Å². The van der Waals surface area contributed by atoms with Crippen LogP contribution in [0.5, 0.6) is 0 Å². The number of rotatable bonds is 7. The minimum Gasteiger partial charge on any atom is -0.334 e. The SMILES string of the molecule is CCCN1CCC(NCc2nccn2CCC)CC1. The summed E-state index contributed by atoms with van der Waals surface area (Å²) in [5, 5.41) is 3.68. The van der Waals surface area contributed by atoms with Crippen molar-refractivity contribution in [3.63, 3.8) is 0 Å². The first-order valence-corrected chi connectivity index (χ1v) is 7.79. The molecule has 0 aliphatic carbocycles. The van der Waals surface area contributed by atoms with Crippen molar-refractivity contribution in [3.05, 3.63) is 18.2 Å². The van der Waals surface area contributed by atoms with Gasteiger partial charge in [0.15, 0.2) is 0 Å². The van der Waals surface area contributed by atoms with Gasteiger partial charge in [-0.3, -0.25) is 0 Å². The van der Waals surface area contributed by atoms with Crippen LogP contribution < -0.4 is 5.32 Å². The van der Waals surface area contributed by atoms with Crippen LogP contribution in [0.3, 0.4) is 0 Å². The molecular formula is C15H28N4. The number of aryl methyl sites for hydroxylation is 1. The number of hydrogen-bond donors (Lipinski definition) is 1. The van der Waals surface area contributed by atoms with Crippen molar-refractivity contribution in [2.45, 2.75) is 58.7 Å². The van der Waals surface area contributed by atoms with E-state index >= 15 is 0 Å². The number of piperidine rings is 1. The van der Waals surface area contributed by atoms with E-state index in [0.29, 0.717) is 6.04 Å². The second kappa shape index (κ2) is 7.65. The molecule has 1 fully saturated rings. The molecule has 2 heterocycles. The quantitative estimate of drug-likeness (QED) is 0.820. The summed E-state index contributed by atoms with van der Waals surface area (Å²) in [5.41, 5.74) is 0. The molecule has 1 aliphatic rings. The Bertz CT molecular complexity index is 353. The Hall–Kier alpha value is -0.870. The van der Waals surface area contributed by atoms with Crippen LogP contribution in [0.25, 0.3) is 0 Å². The zero-order chi connectivity index (χ0) is 13.5. The molecule has 0 aromatic carbocycles. The number of imidazole rings is 1. The lowest BCUT2D eigenvalue weighted by Gasteiger charge is -2.32. The molecule has 0 spiro atoms. The van der Waals surface area contributed by atoms with Crippen molar-refractivity contribution in [1.29, 1.82) is 0 Å². The lowest BCUT2D eigenvalue weighted by molar-refractivity contribution is 0.197. The molecule has 4 heteroatoms. The third-order valence-corrected chi connectivity index (χ3v) is 3.94. The van der Waals surface area contributed by atoms with Crippen LogP contribution in [0.2, 0.25) is 0 Å². The normalized spacial score (nSPS) is 18.0. The Balaban J connectivity index is 1.72. The van der Waals surface area contributed by atoms with Gasteiger partial charge in [-0.05, 0) is 45.3 Å². The number of likely N-dealkylation sites (tertiary alicyclic amines) is 1. The minimum absolute atomic E-state index is 0.667. The topological polar surface area (TPSA) is 33.1 Å². The van der Waals surface area contributed by atoms with Crippen molar-refractivity contribution >= 4 is 0 Å². The number of hydrogen-bond acceptors (Lipinski definition) is 3. The first-order chi connectivity index (χ1) is 9.33. The molecular weight excluding hydrogens is 236 g/mol. The molecule has 0 bridgehead atoms. The average Bonchev–Trinajstić information content (AvgIpc) is 2.86. The van der Waals surface area contributed by atoms with Gasteiger partial charge in [0.1, 0.15) is 5.82 Å². The fourth-order valence-electron chi connectivity index (χ4n) is 2.86. The molecule has 0 unspecified atom stereocenters. The molecule has 1 N–H and O–H groups in total. The first kappa shape index (κ1) is 14.5. The Morgan fingerprint density at radius 1 is 1.21 bits per heavy atom. The monoisotopic (exact) mass is 264 g/mol. The largest absolute Gasteiger partial charge is 0.334 e. The Morgan fingerprint density at radius 3 is 2.63 bits per heavy atom. The van der Waals surface area contributed by atoms with E-state index in [0.717, 1.165) is 13.1 Å². The van der Waals surface area contributed by atoms with Gasteiger partial charge in [-0.15, -0.1) is 0 Å². The lowest BCUT2D eigenvalue weighted by atomic mass is 10.0. The summed E-state index contributed by atoms with van der Waals surface area (Å²) < 4.78 is 2.26. The van der Waals surface area contributed by atoms with Gasteiger partial charge in [-0.2, -0.15) is 0 Å². The van der Waals surface area contributed by atoms with Crippen LogP contribution in [-0.4, -0.2) is 40.1 Å². The summed E-state index contributed by atoms with van der Waals surface area (Å²) in [4.78, 5) is 7.03. The van der Waals surface area contributed by atoms with E-state index in [-0.39, 0.29) is 0 Å². The summed E-state index contributed by atoms with van der Waals surface area (Å²) in [7, 11) is 0. The van der Waals surface area contributed by atoms with Crippen LogP contribution >= 0.6 is 0 Å². The summed E-state index contributed by atoms with van der Waals surface area (Å²) in [6.07, 6.45) is 8.98. The predicted molar refractivity (Wildman–Crippen MR) is 79.1 cm³/mol. The maximum atomic E-state index is 4.45. The van der Waals surface area contributed by atoms with Crippen molar-refractivity contribution in [2.24, 2.45) is 0 Å². The third kappa shape index (κ3) is 4.32. The number of aromatic nitrogens is 2. The number of nitrogens with zero attached hydrogens (tertiary/aromatic N) is 3. The van der Waals surface area contributed by atoms with Crippen LogP contribution in [0.4, 0.5) is 0 Å². The highest BCUT2D eigenvalue weighted by molar-refractivity contribution is 4.93. The molecule has 0 radical (unpaired) electrons.